The maximum Gasteiger partial charge on any atom is 0.313 e. The fourth-order valence-corrected chi connectivity index (χ4v) is 0.912. The predicted octanol–water partition coefficient (Wildman–Crippen LogP) is 1.35. The van der Waals surface area contributed by atoms with Crippen LogP contribution in [0.25, 0.3) is 0 Å². The van der Waals surface area contributed by atoms with Crippen molar-refractivity contribution in [2.45, 2.75) is 18.2 Å². The van der Waals surface area contributed by atoms with Gasteiger partial charge in [-0.25, -0.2) is 0 Å². The third-order valence-electron chi connectivity index (χ3n) is 1.82. The number of hydrogen-bond donors (Lipinski definition) is 0. The Morgan fingerprint density at radius 3 is 2.83 bits per heavy atom. The lowest BCUT2D eigenvalue weighted by molar-refractivity contribution is -0.163. The summed E-state index contributed by atoms with van der Waals surface area (Å²) in [7, 11) is 0. The molecule has 70 valence electrons. The molecule has 1 fully saturated rings. The highest BCUT2D eigenvalue weighted by Gasteiger charge is 2.28. The quantitative estimate of drug-likeness (QED) is 0.547. The lowest BCUT2D eigenvalue weighted by atomic mass is 10.1. The number of ether oxygens (including phenoxy) is 2. The Kier molecular flexibility index (Phi) is 4.01. The molecule has 1 atom stereocenters. The number of carbonyl (C=O) groups is 1. The molecule has 1 saturated heterocycles. The number of alkyl halides is 1. The summed E-state index contributed by atoms with van der Waals surface area (Å²) in [6, 6.07) is 0. The summed E-state index contributed by atoms with van der Waals surface area (Å²) in [5, 5.41) is 0. The van der Waals surface area contributed by atoms with Gasteiger partial charge >= 0.3 is 5.97 Å². The van der Waals surface area contributed by atoms with Gasteiger partial charge in [-0.1, -0.05) is 22.9 Å². The lowest BCUT2D eigenvalue weighted by Gasteiger charge is -2.24. The summed E-state index contributed by atoms with van der Waals surface area (Å²) in [6.45, 7) is 3.56. The van der Waals surface area contributed by atoms with E-state index in [-0.39, 0.29) is 16.7 Å². The molecule has 12 heavy (non-hydrogen) atoms. The van der Waals surface area contributed by atoms with Gasteiger partial charge in [-0.15, -0.1) is 0 Å². The van der Waals surface area contributed by atoms with Gasteiger partial charge in [-0.05, 0) is 6.42 Å². The number of carbonyl (C=O) groups excluding carboxylic acids is 1. The molecule has 0 N–H and O–H groups in total. The minimum atomic E-state index is -0.126. The molecule has 1 aliphatic heterocycles. The fourth-order valence-electron chi connectivity index (χ4n) is 0.780. The van der Waals surface area contributed by atoms with Crippen LogP contribution in [-0.4, -0.2) is 30.6 Å². The second kappa shape index (κ2) is 4.82. The predicted molar refractivity (Wildman–Crippen MR) is 48.3 cm³/mol. The molecule has 0 radical (unpaired) electrons. The molecule has 1 heterocycles. The van der Waals surface area contributed by atoms with E-state index in [1.165, 1.54) is 0 Å². The number of halogens is 1. The van der Waals surface area contributed by atoms with Crippen LogP contribution in [0.1, 0.15) is 13.3 Å². The third kappa shape index (κ3) is 2.75. The average molecular weight is 237 g/mol. The molecule has 1 aliphatic rings. The van der Waals surface area contributed by atoms with E-state index in [9.17, 15) is 4.79 Å². The lowest BCUT2D eigenvalue weighted by Crippen LogP contribution is -2.36. The van der Waals surface area contributed by atoms with Crippen molar-refractivity contribution in [1.82, 2.24) is 0 Å². The molecule has 0 aromatic carbocycles. The van der Waals surface area contributed by atoms with Crippen LogP contribution in [0.2, 0.25) is 0 Å². The van der Waals surface area contributed by atoms with Crippen molar-refractivity contribution in [3.8, 4) is 0 Å². The van der Waals surface area contributed by atoms with Crippen LogP contribution in [0.5, 0.6) is 0 Å². The van der Waals surface area contributed by atoms with E-state index in [0.29, 0.717) is 19.8 Å². The van der Waals surface area contributed by atoms with Gasteiger partial charge in [0.05, 0.1) is 13.2 Å². The number of esters is 1. The van der Waals surface area contributed by atoms with Crippen LogP contribution in [-0.2, 0) is 14.3 Å². The highest BCUT2D eigenvalue weighted by molar-refractivity contribution is 9.09. The first-order chi connectivity index (χ1) is 5.74. The van der Waals surface area contributed by atoms with Gasteiger partial charge in [0.15, 0.2) is 0 Å². The summed E-state index contributed by atoms with van der Waals surface area (Å²) in [4.78, 5) is 11.4. The highest BCUT2D eigenvalue weighted by atomic mass is 79.9. The summed E-state index contributed by atoms with van der Waals surface area (Å²) in [5.74, 6) is -0.138. The SMILES string of the molecule is CCC(Br)COC(=O)C1COC1. The Morgan fingerprint density at radius 2 is 2.42 bits per heavy atom. The summed E-state index contributed by atoms with van der Waals surface area (Å²) in [6.07, 6.45) is 0.967. The molecule has 0 aliphatic carbocycles. The Labute approximate surface area is 80.5 Å². The van der Waals surface area contributed by atoms with Crippen LogP contribution in [0.15, 0.2) is 0 Å². The third-order valence-corrected chi connectivity index (χ3v) is 2.73. The first-order valence-electron chi connectivity index (χ1n) is 4.12. The van der Waals surface area contributed by atoms with Gasteiger partial charge in [-0.2, -0.15) is 0 Å². The minimum absolute atomic E-state index is 0.0124. The van der Waals surface area contributed by atoms with E-state index in [4.69, 9.17) is 9.47 Å². The maximum atomic E-state index is 11.1. The molecule has 1 rings (SSSR count). The van der Waals surface area contributed by atoms with Crippen molar-refractivity contribution in [1.29, 1.82) is 0 Å². The molecule has 1 unspecified atom stereocenters. The smallest absolute Gasteiger partial charge is 0.313 e. The molecular formula is C8H13BrO3. The first-order valence-corrected chi connectivity index (χ1v) is 5.04. The van der Waals surface area contributed by atoms with Gasteiger partial charge < -0.3 is 9.47 Å². The molecule has 0 aromatic heterocycles. The van der Waals surface area contributed by atoms with Gasteiger partial charge in [0.1, 0.15) is 12.5 Å². The topological polar surface area (TPSA) is 35.5 Å². The van der Waals surface area contributed by atoms with Gasteiger partial charge in [0.2, 0.25) is 0 Å². The average Bonchev–Trinajstić information content (AvgIpc) is 1.97. The largest absolute Gasteiger partial charge is 0.464 e. The van der Waals surface area contributed by atoms with E-state index in [2.05, 4.69) is 15.9 Å². The molecule has 0 bridgehead atoms. The van der Waals surface area contributed by atoms with Crippen molar-refractivity contribution in [3.05, 3.63) is 0 Å². The van der Waals surface area contributed by atoms with Crippen molar-refractivity contribution < 1.29 is 14.3 Å². The van der Waals surface area contributed by atoms with Crippen molar-refractivity contribution in [3.63, 3.8) is 0 Å². The van der Waals surface area contributed by atoms with Gasteiger partial charge in [0.25, 0.3) is 0 Å². The Bertz CT molecular complexity index is 156. The number of hydrogen-bond acceptors (Lipinski definition) is 3. The minimum Gasteiger partial charge on any atom is -0.464 e. The van der Waals surface area contributed by atoms with Crippen molar-refractivity contribution in [2.75, 3.05) is 19.8 Å². The summed E-state index contributed by atoms with van der Waals surface area (Å²) in [5.41, 5.74) is 0. The molecule has 4 heteroatoms. The van der Waals surface area contributed by atoms with Crippen LogP contribution < -0.4 is 0 Å². The second-order valence-electron chi connectivity index (χ2n) is 2.87. The molecule has 0 spiro atoms. The van der Waals surface area contributed by atoms with Crippen molar-refractivity contribution in [2.24, 2.45) is 5.92 Å². The zero-order valence-corrected chi connectivity index (χ0v) is 8.67. The van der Waals surface area contributed by atoms with E-state index < -0.39 is 0 Å². The van der Waals surface area contributed by atoms with E-state index in [1.54, 1.807) is 0 Å². The molecule has 0 aromatic rings. The van der Waals surface area contributed by atoms with Crippen molar-refractivity contribution >= 4 is 21.9 Å². The van der Waals surface area contributed by atoms with Crippen LogP contribution in [0.3, 0.4) is 0 Å². The second-order valence-corrected chi connectivity index (χ2v) is 4.16. The van der Waals surface area contributed by atoms with E-state index in [1.807, 2.05) is 6.92 Å². The normalized spacial score (nSPS) is 19.8. The summed E-state index contributed by atoms with van der Waals surface area (Å²) >= 11 is 3.39. The van der Waals surface area contributed by atoms with Gasteiger partial charge in [0, 0.05) is 4.83 Å². The zero-order chi connectivity index (χ0) is 8.97. The Balaban J connectivity index is 2.09. The highest BCUT2D eigenvalue weighted by Crippen LogP contribution is 2.13. The Hall–Kier alpha value is -0.0900. The monoisotopic (exact) mass is 236 g/mol. The molecule has 3 nitrogen and oxygen atoms in total. The fraction of sp³-hybridized carbons (Fsp3) is 0.875. The standard InChI is InChI=1S/C8H13BrO3/c1-2-7(9)5-12-8(10)6-3-11-4-6/h6-7H,2-5H2,1H3. The van der Waals surface area contributed by atoms with Crippen LogP contribution in [0.4, 0.5) is 0 Å². The first kappa shape index (κ1) is 9.99. The molecule has 0 saturated carbocycles. The maximum absolute atomic E-state index is 11.1. The molecular weight excluding hydrogens is 224 g/mol. The number of rotatable bonds is 4. The Morgan fingerprint density at radius 1 is 1.75 bits per heavy atom. The summed E-state index contributed by atoms with van der Waals surface area (Å²) < 4.78 is 9.91. The zero-order valence-electron chi connectivity index (χ0n) is 7.09. The molecule has 0 amide bonds. The van der Waals surface area contributed by atoms with E-state index in [0.717, 1.165) is 6.42 Å². The van der Waals surface area contributed by atoms with Crippen LogP contribution >= 0.6 is 15.9 Å². The van der Waals surface area contributed by atoms with Crippen LogP contribution in [0, 0.1) is 5.92 Å². The van der Waals surface area contributed by atoms with E-state index >= 15 is 0 Å². The van der Waals surface area contributed by atoms with Gasteiger partial charge in [-0.3, -0.25) is 4.79 Å².